The quantitative estimate of drug-likeness (QED) is 0.506. The van der Waals surface area contributed by atoms with E-state index in [1.165, 1.54) is 6.33 Å². The first kappa shape index (κ1) is 22.7. The number of likely N-dealkylation sites (tertiary alicyclic amines) is 1. The molecule has 188 valence electrons. The molecule has 2 unspecified atom stereocenters. The normalized spacial score (nSPS) is 23.1. The van der Waals surface area contributed by atoms with Crippen LogP contribution >= 0.6 is 0 Å². The SMILES string of the molecule is COc1ccc2ncnc(OCC3[C@H]4CN(CC(OC(N)=O)c5ccc6c(c5)OCCO6)C[C@@H]34)c2c1. The maximum atomic E-state index is 11.6. The van der Waals surface area contributed by atoms with Crippen LogP contribution in [0.4, 0.5) is 4.79 Å². The predicted octanol–water partition coefficient (Wildman–Crippen LogP) is 2.80. The predicted molar refractivity (Wildman–Crippen MR) is 129 cm³/mol. The summed E-state index contributed by atoms with van der Waals surface area (Å²) in [6.07, 6.45) is 0.253. The number of fused-ring (bicyclic) bond motifs is 3. The van der Waals surface area contributed by atoms with Crippen molar-refractivity contribution in [3.63, 3.8) is 0 Å². The van der Waals surface area contributed by atoms with Crippen LogP contribution in [0.3, 0.4) is 0 Å². The molecule has 1 aromatic heterocycles. The Kier molecular flexibility index (Phi) is 5.88. The zero-order chi connectivity index (χ0) is 24.6. The minimum absolute atomic E-state index is 0.474. The fraction of sp³-hybridized carbons (Fsp3) is 0.423. The van der Waals surface area contributed by atoms with Crippen LogP contribution < -0.4 is 24.7 Å². The second-order valence-corrected chi connectivity index (χ2v) is 9.41. The van der Waals surface area contributed by atoms with Gasteiger partial charge < -0.3 is 29.4 Å². The summed E-state index contributed by atoms with van der Waals surface area (Å²) in [5, 5.41) is 0.843. The average Bonchev–Trinajstić information content (AvgIpc) is 3.35. The lowest BCUT2D eigenvalue weighted by Crippen LogP contribution is -2.33. The lowest BCUT2D eigenvalue weighted by atomic mass is 10.1. The number of benzene rings is 2. The molecule has 6 rings (SSSR count). The molecule has 0 spiro atoms. The van der Waals surface area contributed by atoms with Gasteiger partial charge in [0.05, 0.1) is 24.6 Å². The number of primary amides is 1. The van der Waals surface area contributed by atoms with Gasteiger partial charge in [-0.1, -0.05) is 6.07 Å². The molecule has 2 fully saturated rings. The monoisotopic (exact) mass is 492 g/mol. The molecule has 36 heavy (non-hydrogen) atoms. The van der Waals surface area contributed by atoms with Crippen molar-refractivity contribution in [1.82, 2.24) is 14.9 Å². The van der Waals surface area contributed by atoms with E-state index in [1.54, 1.807) is 7.11 Å². The van der Waals surface area contributed by atoms with Gasteiger partial charge in [0, 0.05) is 25.6 Å². The third-order valence-corrected chi connectivity index (χ3v) is 7.29. The molecule has 3 aromatic rings. The number of carbonyl (C=O) groups excluding carboxylic acids is 1. The summed E-state index contributed by atoms with van der Waals surface area (Å²) in [6, 6.07) is 11.3. The summed E-state index contributed by atoms with van der Waals surface area (Å²) in [6.45, 7) is 4.03. The molecular formula is C26H28N4O6. The molecule has 10 heteroatoms. The fourth-order valence-corrected chi connectivity index (χ4v) is 5.41. The summed E-state index contributed by atoms with van der Waals surface area (Å²) in [7, 11) is 1.63. The van der Waals surface area contributed by atoms with Crippen molar-refractivity contribution < 1.29 is 28.5 Å². The first-order chi connectivity index (χ1) is 17.6. The van der Waals surface area contributed by atoms with Gasteiger partial charge in [0.25, 0.3) is 0 Å². The highest BCUT2D eigenvalue weighted by atomic mass is 16.6. The second-order valence-electron chi connectivity index (χ2n) is 9.41. The number of hydrogen-bond acceptors (Lipinski definition) is 9. The van der Waals surface area contributed by atoms with Crippen LogP contribution in [0.25, 0.3) is 10.9 Å². The molecule has 1 saturated carbocycles. The van der Waals surface area contributed by atoms with Gasteiger partial charge in [-0.05, 0) is 47.7 Å². The molecule has 0 radical (unpaired) electrons. The summed E-state index contributed by atoms with van der Waals surface area (Å²) in [4.78, 5) is 22.6. The Balaban J connectivity index is 1.07. The molecule has 3 heterocycles. The van der Waals surface area contributed by atoms with E-state index < -0.39 is 12.2 Å². The van der Waals surface area contributed by atoms with Crippen LogP contribution in [-0.4, -0.2) is 67.5 Å². The van der Waals surface area contributed by atoms with Crippen molar-refractivity contribution in [1.29, 1.82) is 0 Å². The Bertz CT molecular complexity index is 1270. The topological polar surface area (TPSA) is 118 Å². The number of amides is 1. The summed E-state index contributed by atoms with van der Waals surface area (Å²) >= 11 is 0. The van der Waals surface area contributed by atoms with Crippen molar-refractivity contribution in [2.75, 3.05) is 46.6 Å². The molecule has 1 aliphatic carbocycles. The zero-order valence-electron chi connectivity index (χ0n) is 20.0. The zero-order valence-corrected chi connectivity index (χ0v) is 20.0. The second kappa shape index (κ2) is 9.34. The third-order valence-electron chi connectivity index (χ3n) is 7.29. The van der Waals surface area contributed by atoms with Crippen LogP contribution in [0, 0.1) is 17.8 Å². The summed E-state index contributed by atoms with van der Waals surface area (Å²) < 4.78 is 28.2. The van der Waals surface area contributed by atoms with Gasteiger partial charge in [0.15, 0.2) is 11.5 Å². The molecule has 3 aliphatic rings. The van der Waals surface area contributed by atoms with Gasteiger partial charge in [-0.3, -0.25) is 4.90 Å². The van der Waals surface area contributed by atoms with Crippen molar-refractivity contribution in [3.8, 4) is 23.1 Å². The maximum Gasteiger partial charge on any atom is 0.405 e. The Labute approximate surface area is 208 Å². The number of methoxy groups -OCH3 is 1. The number of nitrogens with zero attached hydrogens (tertiary/aromatic N) is 3. The van der Waals surface area contributed by atoms with Gasteiger partial charge in [-0.2, -0.15) is 0 Å². The van der Waals surface area contributed by atoms with E-state index in [9.17, 15) is 4.79 Å². The number of rotatable bonds is 8. The van der Waals surface area contributed by atoms with Crippen molar-refractivity contribution in [2.45, 2.75) is 6.10 Å². The molecule has 0 bridgehead atoms. The van der Waals surface area contributed by atoms with E-state index in [0.29, 0.717) is 61.5 Å². The first-order valence-electron chi connectivity index (χ1n) is 12.1. The highest BCUT2D eigenvalue weighted by Crippen LogP contribution is 2.52. The van der Waals surface area contributed by atoms with E-state index in [2.05, 4.69) is 14.9 Å². The van der Waals surface area contributed by atoms with Crippen LogP contribution in [0.15, 0.2) is 42.7 Å². The molecule has 10 nitrogen and oxygen atoms in total. The van der Waals surface area contributed by atoms with Gasteiger partial charge in [0.2, 0.25) is 5.88 Å². The number of aromatic nitrogens is 2. The number of hydrogen-bond donors (Lipinski definition) is 1. The van der Waals surface area contributed by atoms with Gasteiger partial charge in [-0.25, -0.2) is 14.8 Å². The molecular weight excluding hydrogens is 464 g/mol. The lowest BCUT2D eigenvalue weighted by Gasteiger charge is -2.26. The largest absolute Gasteiger partial charge is 0.497 e. The fourth-order valence-electron chi connectivity index (χ4n) is 5.41. The minimum Gasteiger partial charge on any atom is -0.497 e. The van der Waals surface area contributed by atoms with Crippen LogP contribution in [0.5, 0.6) is 23.1 Å². The molecule has 2 N–H and O–H groups in total. The highest BCUT2D eigenvalue weighted by Gasteiger charge is 2.56. The van der Waals surface area contributed by atoms with E-state index in [0.717, 1.165) is 35.3 Å². The summed E-state index contributed by atoms with van der Waals surface area (Å²) in [5.74, 6) is 4.24. The van der Waals surface area contributed by atoms with Gasteiger partial charge in [-0.15, -0.1) is 0 Å². The Morgan fingerprint density at radius 1 is 1.11 bits per heavy atom. The smallest absolute Gasteiger partial charge is 0.405 e. The van der Waals surface area contributed by atoms with Crippen LogP contribution in [-0.2, 0) is 4.74 Å². The molecule has 2 aliphatic heterocycles. The number of nitrogens with two attached hydrogens (primary N) is 1. The van der Waals surface area contributed by atoms with Crippen molar-refractivity contribution in [2.24, 2.45) is 23.5 Å². The third kappa shape index (κ3) is 4.44. The van der Waals surface area contributed by atoms with Gasteiger partial charge in [0.1, 0.15) is 31.4 Å². The Morgan fingerprint density at radius 3 is 2.69 bits per heavy atom. The average molecular weight is 493 g/mol. The minimum atomic E-state index is -0.792. The highest BCUT2D eigenvalue weighted by molar-refractivity contribution is 5.84. The maximum absolute atomic E-state index is 11.6. The first-order valence-corrected chi connectivity index (χ1v) is 12.1. The number of ether oxygens (including phenoxy) is 5. The van der Waals surface area contributed by atoms with E-state index >= 15 is 0 Å². The summed E-state index contributed by atoms with van der Waals surface area (Å²) in [5.41, 5.74) is 7.04. The van der Waals surface area contributed by atoms with Crippen molar-refractivity contribution >= 4 is 17.0 Å². The molecule has 1 saturated heterocycles. The lowest BCUT2D eigenvalue weighted by molar-refractivity contribution is 0.0766. The Morgan fingerprint density at radius 2 is 1.92 bits per heavy atom. The van der Waals surface area contributed by atoms with Gasteiger partial charge >= 0.3 is 6.09 Å². The Hall–Kier alpha value is -3.79. The number of piperidine rings is 1. The van der Waals surface area contributed by atoms with Crippen LogP contribution in [0.1, 0.15) is 11.7 Å². The standard InChI is InChI=1S/C26H28N4O6/c1-32-16-3-4-21-17(9-16)25(29-14-28-21)35-13-20-18-10-30(11-19(18)20)12-24(36-26(27)31)15-2-5-22-23(8-15)34-7-6-33-22/h2-5,8-9,14,18-20,24H,6-7,10-13H2,1H3,(H2,27,31)/t18-,19+,20?,24?. The molecule has 2 aromatic carbocycles. The van der Waals surface area contributed by atoms with E-state index in [4.69, 9.17) is 29.4 Å². The number of carbonyl (C=O) groups is 1. The van der Waals surface area contributed by atoms with Crippen molar-refractivity contribution in [3.05, 3.63) is 48.3 Å². The van der Waals surface area contributed by atoms with E-state index in [1.807, 2.05) is 36.4 Å². The molecule has 4 atom stereocenters. The van der Waals surface area contributed by atoms with Crippen LogP contribution in [0.2, 0.25) is 0 Å². The van der Waals surface area contributed by atoms with E-state index in [-0.39, 0.29) is 0 Å². The molecule has 1 amide bonds.